The Bertz CT molecular complexity index is 1110. The molecule has 6 heteroatoms. The van der Waals surface area contributed by atoms with Crippen molar-refractivity contribution in [2.75, 3.05) is 27.4 Å². The predicted octanol–water partition coefficient (Wildman–Crippen LogP) is 6.32. The molecule has 2 aromatic carbocycles. The van der Waals surface area contributed by atoms with Crippen LogP contribution >= 0.6 is 0 Å². The van der Waals surface area contributed by atoms with Gasteiger partial charge in [0.1, 0.15) is 0 Å². The normalized spacial score (nSPS) is 17.8. The van der Waals surface area contributed by atoms with E-state index < -0.39 is 0 Å². The maximum absolute atomic E-state index is 13.5. The molecule has 0 radical (unpaired) electrons. The van der Waals surface area contributed by atoms with Gasteiger partial charge in [-0.1, -0.05) is 36.4 Å². The van der Waals surface area contributed by atoms with Gasteiger partial charge in [-0.15, -0.1) is 0 Å². The zero-order valence-electron chi connectivity index (χ0n) is 21.7. The van der Waals surface area contributed by atoms with Gasteiger partial charge in [-0.25, -0.2) is 0 Å². The summed E-state index contributed by atoms with van der Waals surface area (Å²) in [6.45, 7) is 6.16. The molecule has 0 spiro atoms. The molecule has 2 heterocycles. The van der Waals surface area contributed by atoms with Crippen molar-refractivity contribution in [1.82, 2.24) is 4.90 Å². The van der Waals surface area contributed by atoms with E-state index in [1.807, 2.05) is 23.1 Å². The molecule has 1 fully saturated rings. The van der Waals surface area contributed by atoms with Crippen LogP contribution in [0.2, 0.25) is 0 Å². The van der Waals surface area contributed by atoms with E-state index in [-0.39, 0.29) is 11.5 Å². The van der Waals surface area contributed by atoms with E-state index in [9.17, 15) is 4.79 Å². The van der Waals surface area contributed by atoms with Crippen LogP contribution in [0, 0.1) is 5.92 Å². The molecule has 3 aromatic rings. The first-order valence-electron chi connectivity index (χ1n) is 12.6. The topological polar surface area (TPSA) is 61.1 Å². The average Bonchev–Trinajstić information content (AvgIpc) is 3.43. The second kappa shape index (κ2) is 11.7. The van der Waals surface area contributed by atoms with Crippen molar-refractivity contribution in [2.24, 2.45) is 5.92 Å². The quantitative estimate of drug-likeness (QED) is 0.332. The average molecular weight is 492 g/mol. The number of rotatable bonds is 10. The molecule has 6 nitrogen and oxygen atoms in total. The molecule has 2 unspecified atom stereocenters. The molecule has 4 rings (SSSR count). The molecule has 0 aliphatic carbocycles. The van der Waals surface area contributed by atoms with Crippen molar-refractivity contribution in [1.29, 1.82) is 0 Å². The predicted molar refractivity (Wildman–Crippen MR) is 140 cm³/mol. The van der Waals surface area contributed by atoms with Crippen LogP contribution in [0.4, 0.5) is 0 Å². The number of nitrogens with zero attached hydrogens (tertiary/aromatic N) is 1. The van der Waals surface area contributed by atoms with Gasteiger partial charge in [0.15, 0.2) is 17.3 Å². The summed E-state index contributed by atoms with van der Waals surface area (Å²) < 4.78 is 22.4. The molecule has 1 aromatic heterocycles. The van der Waals surface area contributed by atoms with E-state index >= 15 is 0 Å². The minimum absolute atomic E-state index is 0.117. The summed E-state index contributed by atoms with van der Waals surface area (Å²) in [6, 6.07) is 19.9. The van der Waals surface area contributed by atoms with Crippen molar-refractivity contribution in [3.63, 3.8) is 0 Å². The number of methoxy groups -OCH3 is 2. The molecule has 1 aliphatic rings. The van der Waals surface area contributed by atoms with Gasteiger partial charge in [-0.2, -0.15) is 0 Å². The lowest BCUT2D eigenvalue weighted by molar-refractivity contribution is -0.0774. The third-order valence-corrected chi connectivity index (χ3v) is 7.08. The van der Waals surface area contributed by atoms with Crippen LogP contribution in [0.3, 0.4) is 0 Å². The van der Waals surface area contributed by atoms with Crippen LogP contribution in [0.15, 0.2) is 71.3 Å². The zero-order chi connectivity index (χ0) is 25.5. The molecule has 1 amide bonds. The van der Waals surface area contributed by atoms with E-state index in [1.165, 1.54) is 5.56 Å². The first-order chi connectivity index (χ1) is 17.4. The molecule has 36 heavy (non-hydrogen) atoms. The van der Waals surface area contributed by atoms with Crippen LogP contribution in [0.5, 0.6) is 11.5 Å². The van der Waals surface area contributed by atoms with Gasteiger partial charge >= 0.3 is 0 Å². The molecule has 1 aliphatic heterocycles. The Morgan fingerprint density at radius 1 is 1.06 bits per heavy atom. The Hall–Kier alpha value is -3.25. The van der Waals surface area contributed by atoms with E-state index in [0.717, 1.165) is 31.4 Å². The van der Waals surface area contributed by atoms with Gasteiger partial charge in [0.05, 0.1) is 26.1 Å². The number of carbonyl (C=O) groups excluding carboxylic acids is 1. The molecule has 0 saturated carbocycles. The van der Waals surface area contributed by atoms with Crippen LogP contribution in [-0.4, -0.2) is 43.8 Å². The Labute approximate surface area is 214 Å². The van der Waals surface area contributed by atoms with Crippen molar-refractivity contribution in [3.05, 3.63) is 83.8 Å². The standard InChI is InChI=1S/C30H37NO5/c1-30(2)20-24(15-18-36-30)25(23-9-6-5-7-10-23)14-16-31(29(32)27-11-8-17-35-27)21-22-12-13-26(33-3)28(19-22)34-4/h5-13,17,19,24-25H,14-16,18,20-21H2,1-4H3. The van der Waals surface area contributed by atoms with E-state index in [0.29, 0.717) is 42.2 Å². The van der Waals surface area contributed by atoms with Crippen molar-refractivity contribution >= 4 is 5.91 Å². The Morgan fingerprint density at radius 2 is 1.83 bits per heavy atom. The smallest absolute Gasteiger partial charge is 0.289 e. The third kappa shape index (κ3) is 6.30. The number of hydrogen-bond acceptors (Lipinski definition) is 5. The first kappa shape index (κ1) is 25.8. The number of ether oxygens (including phenoxy) is 3. The van der Waals surface area contributed by atoms with Crippen molar-refractivity contribution in [2.45, 2.75) is 51.2 Å². The van der Waals surface area contributed by atoms with Gasteiger partial charge in [-0.3, -0.25) is 4.79 Å². The van der Waals surface area contributed by atoms with Gasteiger partial charge in [0.2, 0.25) is 0 Å². The maximum Gasteiger partial charge on any atom is 0.289 e. The number of furan rings is 1. The molecular formula is C30H37NO5. The van der Waals surface area contributed by atoms with Gasteiger partial charge in [0.25, 0.3) is 5.91 Å². The lowest BCUT2D eigenvalue weighted by Crippen LogP contribution is -2.38. The largest absolute Gasteiger partial charge is 0.493 e. The van der Waals surface area contributed by atoms with Crippen molar-refractivity contribution in [3.8, 4) is 11.5 Å². The van der Waals surface area contributed by atoms with Crippen LogP contribution in [0.25, 0.3) is 0 Å². The van der Waals surface area contributed by atoms with E-state index in [1.54, 1.807) is 32.6 Å². The van der Waals surface area contributed by atoms with Gasteiger partial charge < -0.3 is 23.5 Å². The number of carbonyl (C=O) groups is 1. The first-order valence-corrected chi connectivity index (χ1v) is 12.6. The van der Waals surface area contributed by atoms with Crippen LogP contribution < -0.4 is 9.47 Å². The highest BCUT2D eigenvalue weighted by atomic mass is 16.5. The highest BCUT2D eigenvalue weighted by molar-refractivity contribution is 5.91. The lowest BCUT2D eigenvalue weighted by atomic mass is 9.75. The second-order valence-corrected chi connectivity index (χ2v) is 10.1. The zero-order valence-corrected chi connectivity index (χ0v) is 21.7. The summed E-state index contributed by atoms with van der Waals surface area (Å²) in [5, 5.41) is 0. The minimum atomic E-state index is -0.140. The molecule has 0 N–H and O–H groups in total. The number of amides is 1. The molecular weight excluding hydrogens is 454 g/mol. The molecule has 1 saturated heterocycles. The highest BCUT2D eigenvalue weighted by Gasteiger charge is 2.34. The van der Waals surface area contributed by atoms with Crippen LogP contribution in [-0.2, 0) is 11.3 Å². The summed E-state index contributed by atoms with van der Waals surface area (Å²) in [7, 11) is 3.23. The van der Waals surface area contributed by atoms with Gasteiger partial charge in [0, 0.05) is 19.7 Å². The van der Waals surface area contributed by atoms with Crippen molar-refractivity contribution < 1.29 is 23.4 Å². The fraction of sp³-hybridized carbons (Fsp3) is 0.433. The Morgan fingerprint density at radius 3 is 2.50 bits per heavy atom. The summed E-state index contributed by atoms with van der Waals surface area (Å²) in [5.41, 5.74) is 2.15. The molecule has 192 valence electrons. The third-order valence-electron chi connectivity index (χ3n) is 7.08. The maximum atomic E-state index is 13.5. The molecule has 2 atom stereocenters. The summed E-state index contributed by atoms with van der Waals surface area (Å²) in [5.74, 6) is 2.35. The summed E-state index contributed by atoms with van der Waals surface area (Å²) >= 11 is 0. The Balaban J connectivity index is 1.58. The van der Waals surface area contributed by atoms with E-state index in [2.05, 4.69) is 44.2 Å². The highest BCUT2D eigenvalue weighted by Crippen LogP contribution is 2.40. The minimum Gasteiger partial charge on any atom is -0.493 e. The fourth-order valence-electron chi connectivity index (χ4n) is 5.30. The summed E-state index contributed by atoms with van der Waals surface area (Å²) in [4.78, 5) is 15.3. The second-order valence-electron chi connectivity index (χ2n) is 10.1. The number of hydrogen-bond donors (Lipinski definition) is 0. The lowest BCUT2D eigenvalue weighted by Gasteiger charge is -2.40. The Kier molecular flexibility index (Phi) is 8.36. The fourth-order valence-corrected chi connectivity index (χ4v) is 5.30. The molecule has 0 bridgehead atoms. The van der Waals surface area contributed by atoms with Crippen LogP contribution in [0.1, 0.15) is 60.7 Å². The monoisotopic (exact) mass is 491 g/mol. The van der Waals surface area contributed by atoms with E-state index in [4.69, 9.17) is 18.6 Å². The summed E-state index contributed by atoms with van der Waals surface area (Å²) in [6.07, 6.45) is 4.41. The number of benzene rings is 2. The SMILES string of the molecule is COc1ccc(CN(CCC(c2ccccc2)C2CCOC(C)(C)C2)C(=O)c2ccco2)cc1OC. The van der Waals surface area contributed by atoms with Gasteiger partial charge in [-0.05, 0) is 80.3 Å².